The second kappa shape index (κ2) is 8.32. The van der Waals surface area contributed by atoms with E-state index in [-0.39, 0.29) is 6.42 Å². The van der Waals surface area contributed by atoms with Crippen LogP contribution >= 0.6 is 0 Å². The fourth-order valence-electron chi connectivity index (χ4n) is 4.29. The van der Waals surface area contributed by atoms with E-state index < -0.39 is 36.7 Å². The van der Waals surface area contributed by atoms with Gasteiger partial charge in [0, 0.05) is 30.6 Å². The topological polar surface area (TPSA) is 87.8 Å². The lowest BCUT2D eigenvalue weighted by Gasteiger charge is -2.32. The normalized spacial score (nSPS) is 19.6. The number of rotatable bonds is 6. The first-order chi connectivity index (χ1) is 13.8. The Bertz CT molecular complexity index is 969. The van der Waals surface area contributed by atoms with Gasteiger partial charge in [0.15, 0.2) is 0 Å². The van der Waals surface area contributed by atoms with Crippen molar-refractivity contribution in [1.82, 2.24) is 15.1 Å². The Hall–Kier alpha value is -2.76. The molecule has 152 valence electrons. The van der Waals surface area contributed by atoms with E-state index in [1.165, 1.54) is 0 Å². The van der Waals surface area contributed by atoms with Gasteiger partial charge in [0.1, 0.15) is 0 Å². The zero-order valence-corrected chi connectivity index (χ0v) is 16.5. The van der Waals surface area contributed by atoms with Crippen LogP contribution in [-0.4, -0.2) is 34.7 Å². The molecule has 2 amide bonds. The first-order valence-corrected chi connectivity index (χ1v) is 9.80. The van der Waals surface area contributed by atoms with Gasteiger partial charge in [0.2, 0.25) is 18.2 Å². The molecule has 1 aromatic carbocycles. The zero-order chi connectivity index (χ0) is 21.2. The zero-order valence-electron chi connectivity index (χ0n) is 16.5. The average Bonchev–Trinajstić information content (AvgIpc) is 3.01. The number of hydrogen-bond acceptors (Lipinski definition) is 4. The minimum atomic E-state index is -2.94. The fraction of sp³-hybridized carbons (Fsp3) is 0.500. The number of fused-ring (bicyclic) bond motifs is 1. The smallest absolute Gasteiger partial charge is 0.273 e. The van der Waals surface area contributed by atoms with Crippen LogP contribution in [-0.2, 0) is 16.6 Å². The van der Waals surface area contributed by atoms with Gasteiger partial charge in [-0.1, -0.05) is 31.8 Å². The van der Waals surface area contributed by atoms with Gasteiger partial charge in [-0.2, -0.15) is 5.10 Å². The van der Waals surface area contributed by atoms with E-state index in [9.17, 15) is 18.4 Å². The molecule has 0 spiro atoms. The van der Waals surface area contributed by atoms with Crippen molar-refractivity contribution in [2.45, 2.75) is 56.6 Å². The van der Waals surface area contributed by atoms with Gasteiger partial charge < -0.3 is 0 Å². The number of halogens is 2. The number of carbonyl (C=O) groups excluding carboxylic acids is 2. The maximum atomic E-state index is 14.7. The van der Waals surface area contributed by atoms with Crippen LogP contribution < -0.4 is 5.32 Å². The molecule has 1 fully saturated rings. The maximum Gasteiger partial charge on any atom is 0.273 e. The molecule has 6 nitrogen and oxygen atoms in total. The molecule has 2 heterocycles. The van der Waals surface area contributed by atoms with Crippen LogP contribution in [0.3, 0.4) is 0 Å². The third-order valence-corrected chi connectivity index (χ3v) is 5.75. The Morgan fingerprint density at radius 3 is 2.93 bits per heavy atom. The molecule has 0 radical (unpaired) electrons. The van der Waals surface area contributed by atoms with Crippen molar-refractivity contribution in [1.29, 1.82) is 5.26 Å². The number of aromatic nitrogens is 2. The Morgan fingerprint density at radius 1 is 1.55 bits per heavy atom. The summed E-state index contributed by atoms with van der Waals surface area (Å²) in [5.41, 5.74) is 1.71. The minimum absolute atomic E-state index is 0.252. The lowest BCUT2D eigenvalue weighted by molar-refractivity contribution is -0.126. The number of carbonyl (C=O) groups is 2. The second-order valence-electron chi connectivity index (χ2n) is 7.67. The number of nitrogens with one attached hydrogen (secondary N) is 1. The third kappa shape index (κ3) is 4.02. The lowest BCUT2D eigenvalue weighted by Crippen LogP contribution is -2.37. The summed E-state index contributed by atoms with van der Waals surface area (Å²) in [5, 5.41) is 16.4. The van der Waals surface area contributed by atoms with E-state index in [1.807, 2.05) is 12.9 Å². The molecule has 2 aromatic rings. The van der Waals surface area contributed by atoms with Crippen LogP contribution in [0.4, 0.5) is 8.78 Å². The highest BCUT2D eigenvalue weighted by atomic mass is 19.3. The molecule has 1 aromatic heterocycles. The van der Waals surface area contributed by atoms with Crippen molar-refractivity contribution in [3.63, 3.8) is 0 Å². The third-order valence-electron chi connectivity index (χ3n) is 5.75. The van der Waals surface area contributed by atoms with Crippen molar-refractivity contribution in [3.8, 4) is 5.97 Å². The Kier molecular flexibility index (Phi) is 6.01. The summed E-state index contributed by atoms with van der Waals surface area (Å²) >= 11 is 0. The van der Waals surface area contributed by atoms with Gasteiger partial charge in [-0.25, -0.2) is 14.0 Å². The van der Waals surface area contributed by atoms with Crippen LogP contribution in [0.1, 0.15) is 49.3 Å². The first kappa shape index (κ1) is 21.0. The van der Waals surface area contributed by atoms with Crippen LogP contribution in [0.25, 0.3) is 10.9 Å². The summed E-state index contributed by atoms with van der Waals surface area (Å²) in [6.45, 7) is 1.32. The number of imide groups is 1. The highest BCUT2D eigenvalue weighted by Crippen LogP contribution is 2.46. The molecule has 29 heavy (non-hydrogen) atoms. The molecule has 2 atom stereocenters. The van der Waals surface area contributed by atoms with Crippen LogP contribution in [0, 0.1) is 11.2 Å². The van der Waals surface area contributed by atoms with Gasteiger partial charge >= 0.3 is 0 Å². The van der Waals surface area contributed by atoms with Crippen molar-refractivity contribution < 1.29 is 18.4 Å². The van der Waals surface area contributed by atoms with E-state index in [1.54, 1.807) is 29.9 Å². The van der Waals surface area contributed by atoms with Crippen molar-refractivity contribution in [2.75, 3.05) is 0 Å². The van der Waals surface area contributed by atoms with E-state index in [4.69, 9.17) is 5.26 Å². The van der Waals surface area contributed by atoms with E-state index in [2.05, 4.69) is 10.4 Å². The second-order valence-corrected chi connectivity index (χ2v) is 7.67. The summed E-state index contributed by atoms with van der Waals surface area (Å²) in [6.07, 6.45) is 1.88. The number of benzene rings is 1. The number of hydrogen-bond donors (Lipinski definition) is 1. The van der Waals surface area contributed by atoms with Crippen molar-refractivity contribution in [3.05, 3.63) is 29.5 Å². The summed E-state index contributed by atoms with van der Waals surface area (Å²) < 4.78 is 30.9. The number of amides is 2. The van der Waals surface area contributed by atoms with E-state index >= 15 is 0 Å². The minimum Gasteiger partial charge on any atom is -0.299 e. The standard InChI is InChI=1S/C20H23BF2N4O2/c1-3-4-15(19(29)25-12-28)18-14-6-5-13(9-17(14)27(2)26-18)16-7-8-21(11-24)10-20(16,22)23/h5-6,9,12,15-16H,3-4,7-8,10H2,1-2H3,(H,25,28,29). The summed E-state index contributed by atoms with van der Waals surface area (Å²) in [6, 6.07) is 5.10. The Morgan fingerprint density at radius 2 is 2.31 bits per heavy atom. The number of nitrogens with zero attached hydrogens (tertiary/aromatic N) is 3. The molecule has 0 aliphatic carbocycles. The van der Waals surface area contributed by atoms with Gasteiger partial charge in [-0.15, -0.1) is 0 Å². The molecule has 1 N–H and O–H groups in total. The molecule has 1 aliphatic rings. The molecular formula is C20H23BF2N4O2. The van der Waals surface area contributed by atoms with E-state index in [0.717, 1.165) is 6.42 Å². The van der Waals surface area contributed by atoms with Gasteiger partial charge in [-0.05, 0) is 24.5 Å². The number of aryl methyl sites for hydroxylation is 1. The molecular weight excluding hydrogens is 377 g/mol. The summed E-state index contributed by atoms with van der Waals surface area (Å²) in [7, 11) is 1.71. The van der Waals surface area contributed by atoms with Gasteiger partial charge in [0.25, 0.3) is 6.71 Å². The molecule has 2 unspecified atom stereocenters. The molecule has 1 aliphatic heterocycles. The number of nitriles is 1. The summed E-state index contributed by atoms with van der Waals surface area (Å²) in [4.78, 5) is 23.0. The predicted molar refractivity (Wildman–Crippen MR) is 106 cm³/mol. The Labute approximate surface area is 168 Å². The Balaban J connectivity index is 2.00. The van der Waals surface area contributed by atoms with Gasteiger partial charge in [-0.3, -0.25) is 19.6 Å². The monoisotopic (exact) mass is 400 g/mol. The van der Waals surface area contributed by atoms with Crippen molar-refractivity contribution >= 4 is 29.9 Å². The molecule has 0 saturated carbocycles. The fourth-order valence-corrected chi connectivity index (χ4v) is 4.29. The first-order valence-electron chi connectivity index (χ1n) is 9.80. The van der Waals surface area contributed by atoms with E-state index in [0.29, 0.717) is 41.3 Å². The molecule has 3 rings (SSSR count). The largest absolute Gasteiger partial charge is 0.299 e. The molecule has 1 saturated heterocycles. The highest BCUT2D eigenvalue weighted by molar-refractivity contribution is 6.67. The average molecular weight is 400 g/mol. The lowest BCUT2D eigenvalue weighted by atomic mass is 9.40. The molecule has 0 bridgehead atoms. The predicted octanol–water partition coefficient (Wildman–Crippen LogP) is 3.41. The van der Waals surface area contributed by atoms with Gasteiger partial charge in [0.05, 0.1) is 17.1 Å². The molecule has 9 heteroatoms. The SMILES string of the molecule is CCCC(C(=O)NC=O)c1nn(C)c2cc(C3CCB(C#N)CC3(F)F)ccc12. The maximum absolute atomic E-state index is 14.7. The van der Waals surface area contributed by atoms with Crippen LogP contribution in [0.2, 0.25) is 12.6 Å². The number of alkyl halides is 2. The van der Waals surface area contributed by atoms with Crippen molar-refractivity contribution in [2.24, 2.45) is 7.05 Å². The van der Waals surface area contributed by atoms with Crippen LogP contribution in [0.5, 0.6) is 0 Å². The quantitative estimate of drug-likeness (QED) is 0.595. The highest BCUT2D eigenvalue weighted by Gasteiger charge is 2.47. The van der Waals surface area contributed by atoms with Crippen LogP contribution in [0.15, 0.2) is 18.2 Å². The summed E-state index contributed by atoms with van der Waals surface area (Å²) in [5.74, 6) is -2.94.